The molecule has 0 amide bonds. The molecule has 0 fully saturated rings. The number of rotatable bonds is 5. The summed E-state index contributed by atoms with van der Waals surface area (Å²) in [7, 11) is 0. The quantitative estimate of drug-likeness (QED) is 0.231. The Balaban J connectivity index is 1.46. The van der Waals surface area contributed by atoms with E-state index in [1.54, 1.807) is 6.20 Å². The Morgan fingerprint density at radius 2 is 0.977 bits per heavy atom. The Hall–Kier alpha value is -5.94. The molecule has 5 nitrogen and oxygen atoms in total. The van der Waals surface area contributed by atoms with Gasteiger partial charge in [-0.05, 0) is 83.4 Å². The molecule has 0 saturated carbocycles. The number of aromatic amines is 1. The summed E-state index contributed by atoms with van der Waals surface area (Å²) in [6.07, 6.45) is 11.1. The average molecular weight is 552 g/mol. The van der Waals surface area contributed by atoms with Crippen molar-refractivity contribution in [2.45, 2.75) is 0 Å². The highest BCUT2D eigenvalue weighted by molar-refractivity contribution is 6.17. The van der Waals surface area contributed by atoms with Gasteiger partial charge in [0.2, 0.25) is 0 Å². The third kappa shape index (κ3) is 4.53. The molecule has 0 spiro atoms. The lowest BCUT2D eigenvalue weighted by Crippen LogP contribution is -1.87. The van der Waals surface area contributed by atoms with Crippen LogP contribution in [0.5, 0.6) is 0 Å². The molecule has 0 aliphatic carbocycles. The minimum absolute atomic E-state index is 0.913. The first-order valence-corrected chi connectivity index (χ1v) is 14.2. The van der Waals surface area contributed by atoms with Gasteiger partial charge in [-0.2, -0.15) is 0 Å². The van der Waals surface area contributed by atoms with E-state index >= 15 is 0 Å². The summed E-state index contributed by atoms with van der Waals surface area (Å²) < 4.78 is 0. The highest BCUT2D eigenvalue weighted by Crippen LogP contribution is 2.42. The second kappa shape index (κ2) is 10.5. The van der Waals surface area contributed by atoms with Crippen LogP contribution in [0, 0.1) is 0 Å². The minimum Gasteiger partial charge on any atom is -0.353 e. The first-order chi connectivity index (χ1) is 21.3. The van der Waals surface area contributed by atoms with Crippen molar-refractivity contribution in [1.82, 2.24) is 24.9 Å². The standard InChI is InChI=1S/C38H25N5/c1-3-16-41-35(12-1)26-9-5-8-25(18-26)31-19-29(27-10-6-14-39-23-27)20-32-33-21-30(28-11-7-15-40-24-28)22-34(38(33)43-37(31)32)36-13-2-4-17-42-36/h1-24,43H. The van der Waals surface area contributed by atoms with Crippen molar-refractivity contribution in [3.63, 3.8) is 0 Å². The van der Waals surface area contributed by atoms with Gasteiger partial charge in [0.05, 0.1) is 22.4 Å². The van der Waals surface area contributed by atoms with Gasteiger partial charge in [-0.15, -0.1) is 0 Å². The zero-order chi connectivity index (χ0) is 28.6. The molecule has 5 heterocycles. The van der Waals surface area contributed by atoms with E-state index in [2.05, 4.69) is 86.7 Å². The predicted octanol–water partition coefficient (Wildman–Crippen LogP) is 9.24. The molecule has 8 aromatic rings. The topological polar surface area (TPSA) is 67.3 Å². The largest absolute Gasteiger partial charge is 0.353 e. The lowest BCUT2D eigenvalue weighted by molar-refractivity contribution is 1.32. The summed E-state index contributed by atoms with van der Waals surface area (Å²) in [5.74, 6) is 0. The lowest BCUT2D eigenvalue weighted by Gasteiger charge is -2.10. The molecule has 0 atom stereocenters. The Morgan fingerprint density at radius 1 is 0.395 bits per heavy atom. The predicted molar refractivity (Wildman–Crippen MR) is 174 cm³/mol. The number of hydrogen-bond acceptors (Lipinski definition) is 4. The average Bonchev–Trinajstić information content (AvgIpc) is 3.48. The molecule has 202 valence electrons. The maximum atomic E-state index is 4.74. The molecule has 8 rings (SSSR count). The maximum Gasteiger partial charge on any atom is 0.0723 e. The van der Waals surface area contributed by atoms with Gasteiger partial charge in [0.1, 0.15) is 0 Å². The van der Waals surface area contributed by atoms with Crippen LogP contribution in [0.25, 0.3) is 77.7 Å². The van der Waals surface area contributed by atoms with Gasteiger partial charge in [0.25, 0.3) is 0 Å². The fraction of sp³-hybridized carbons (Fsp3) is 0. The van der Waals surface area contributed by atoms with Gasteiger partial charge in [-0.1, -0.05) is 42.5 Å². The number of H-pyrrole nitrogens is 1. The van der Waals surface area contributed by atoms with Crippen molar-refractivity contribution < 1.29 is 0 Å². The Bertz CT molecular complexity index is 2210. The molecule has 0 aliphatic heterocycles. The fourth-order valence-corrected chi connectivity index (χ4v) is 5.84. The molecule has 5 heteroatoms. The van der Waals surface area contributed by atoms with E-state index in [0.29, 0.717) is 0 Å². The Morgan fingerprint density at radius 3 is 1.58 bits per heavy atom. The van der Waals surface area contributed by atoms with E-state index in [9.17, 15) is 0 Å². The molecule has 5 aromatic heterocycles. The van der Waals surface area contributed by atoms with Crippen LogP contribution in [0.1, 0.15) is 0 Å². The highest BCUT2D eigenvalue weighted by Gasteiger charge is 2.18. The molecular formula is C38H25N5. The Kier molecular flexibility index (Phi) is 6.05. The highest BCUT2D eigenvalue weighted by atomic mass is 14.7. The van der Waals surface area contributed by atoms with Crippen LogP contribution in [0.4, 0.5) is 0 Å². The fourth-order valence-electron chi connectivity index (χ4n) is 5.84. The van der Waals surface area contributed by atoms with Crippen LogP contribution in [0.15, 0.2) is 146 Å². The Labute approximate surface area is 248 Å². The van der Waals surface area contributed by atoms with Crippen LogP contribution in [-0.2, 0) is 0 Å². The number of aromatic nitrogens is 5. The number of benzene rings is 3. The lowest BCUT2D eigenvalue weighted by atomic mass is 9.93. The van der Waals surface area contributed by atoms with Gasteiger partial charge >= 0.3 is 0 Å². The van der Waals surface area contributed by atoms with Crippen LogP contribution in [-0.4, -0.2) is 24.9 Å². The first kappa shape index (κ1) is 24.8. The third-order valence-electron chi connectivity index (χ3n) is 7.88. The second-order valence-corrected chi connectivity index (χ2v) is 10.5. The van der Waals surface area contributed by atoms with Crippen molar-refractivity contribution >= 4 is 21.8 Å². The van der Waals surface area contributed by atoms with Crippen molar-refractivity contribution in [2.24, 2.45) is 0 Å². The molecule has 3 aromatic carbocycles. The number of fused-ring (bicyclic) bond motifs is 3. The monoisotopic (exact) mass is 551 g/mol. The van der Waals surface area contributed by atoms with E-state index in [0.717, 1.165) is 77.7 Å². The summed E-state index contributed by atoms with van der Waals surface area (Å²) >= 11 is 0. The van der Waals surface area contributed by atoms with Gasteiger partial charge in [-0.25, -0.2) is 0 Å². The van der Waals surface area contributed by atoms with E-state index in [-0.39, 0.29) is 0 Å². The third-order valence-corrected chi connectivity index (χ3v) is 7.88. The summed E-state index contributed by atoms with van der Waals surface area (Å²) in [5, 5.41) is 2.27. The maximum absolute atomic E-state index is 4.74. The van der Waals surface area contributed by atoms with Crippen LogP contribution < -0.4 is 0 Å². The van der Waals surface area contributed by atoms with Crippen molar-refractivity contribution in [3.8, 4) is 55.9 Å². The van der Waals surface area contributed by atoms with Gasteiger partial charge in [-0.3, -0.25) is 19.9 Å². The number of nitrogens with zero attached hydrogens (tertiary/aromatic N) is 4. The normalized spacial score (nSPS) is 11.3. The molecule has 0 unspecified atom stereocenters. The second-order valence-electron chi connectivity index (χ2n) is 10.5. The SMILES string of the molecule is c1ccc(-c2cccc(-c3cc(-c4cccnc4)cc4c3[nH]c3c(-c5ccccn5)cc(-c5cccnc5)cc34)c2)nc1. The molecule has 43 heavy (non-hydrogen) atoms. The summed E-state index contributed by atoms with van der Waals surface area (Å²) in [4.78, 5) is 22.0. The smallest absolute Gasteiger partial charge is 0.0723 e. The van der Waals surface area contributed by atoms with E-state index in [1.165, 1.54) is 0 Å². The van der Waals surface area contributed by atoms with Crippen LogP contribution in [0.3, 0.4) is 0 Å². The molecule has 0 saturated heterocycles. The molecule has 0 bridgehead atoms. The van der Waals surface area contributed by atoms with Crippen LogP contribution >= 0.6 is 0 Å². The number of nitrogens with one attached hydrogen (secondary N) is 1. The molecular weight excluding hydrogens is 526 g/mol. The molecule has 0 radical (unpaired) electrons. The van der Waals surface area contributed by atoms with Gasteiger partial charge in [0.15, 0.2) is 0 Å². The number of pyridine rings is 4. The van der Waals surface area contributed by atoms with E-state index < -0.39 is 0 Å². The van der Waals surface area contributed by atoms with Gasteiger partial charge in [0, 0.05) is 75.8 Å². The van der Waals surface area contributed by atoms with Crippen molar-refractivity contribution in [3.05, 3.63) is 146 Å². The minimum atomic E-state index is 0.913. The van der Waals surface area contributed by atoms with Crippen molar-refractivity contribution in [2.75, 3.05) is 0 Å². The first-order valence-electron chi connectivity index (χ1n) is 14.2. The zero-order valence-corrected chi connectivity index (χ0v) is 23.1. The summed E-state index contributed by atoms with van der Waals surface area (Å²) in [6, 6.07) is 37.8. The van der Waals surface area contributed by atoms with E-state index in [4.69, 9.17) is 4.98 Å². The zero-order valence-electron chi connectivity index (χ0n) is 23.1. The van der Waals surface area contributed by atoms with Crippen LogP contribution in [0.2, 0.25) is 0 Å². The van der Waals surface area contributed by atoms with E-state index in [1.807, 2.05) is 73.4 Å². The summed E-state index contributed by atoms with van der Waals surface area (Å²) in [5.41, 5.74) is 12.6. The number of hydrogen-bond donors (Lipinski definition) is 1. The molecule has 1 N–H and O–H groups in total. The molecule has 0 aliphatic rings. The van der Waals surface area contributed by atoms with Crippen molar-refractivity contribution in [1.29, 1.82) is 0 Å². The van der Waals surface area contributed by atoms with Gasteiger partial charge < -0.3 is 4.98 Å². The summed E-state index contributed by atoms with van der Waals surface area (Å²) in [6.45, 7) is 0.